The van der Waals surface area contributed by atoms with Crippen molar-refractivity contribution in [3.05, 3.63) is 37.2 Å². The van der Waals surface area contributed by atoms with E-state index >= 15 is 0 Å². The van der Waals surface area contributed by atoms with Crippen LogP contribution in [0.25, 0.3) is 0 Å². The lowest BCUT2D eigenvalue weighted by atomic mass is 10.1. The summed E-state index contributed by atoms with van der Waals surface area (Å²) in [7, 11) is 0. The molecule has 6 heteroatoms. The maximum absolute atomic E-state index is 10.2. The van der Waals surface area contributed by atoms with E-state index in [2.05, 4.69) is 37.0 Å². The third-order valence-electron chi connectivity index (χ3n) is 2.27. The summed E-state index contributed by atoms with van der Waals surface area (Å²) < 4.78 is 3.74. The standard InChI is InChI=1S/C10H10Br2N2OS/c1-2-14-5-6(4-13-14)9(15)7-3-8(11)16-10(7)12/h3-5,9,15H,2H2,1H3. The summed E-state index contributed by atoms with van der Waals surface area (Å²) in [4.78, 5) is 0. The Labute approximate surface area is 114 Å². The number of nitrogens with zero attached hydrogens (tertiary/aromatic N) is 2. The molecule has 0 radical (unpaired) electrons. The Bertz CT molecular complexity index is 495. The number of aliphatic hydroxyl groups excluding tert-OH is 1. The highest BCUT2D eigenvalue weighted by Crippen LogP contribution is 2.37. The molecule has 1 N–H and O–H groups in total. The van der Waals surface area contributed by atoms with E-state index in [0.29, 0.717) is 0 Å². The number of rotatable bonds is 3. The number of aryl methyl sites for hydroxylation is 1. The van der Waals surface area contributed by atoms with Gasteiger partial charge in [0.05, 0.1) is 13.8 Å². The van der Waals surface area contributed by atoms with Gasteiger partial charge in [-0.15, -0.1) is 11.3 Å². The lowest BCUT2D eigenvalue weighted by molar-refractivity contribution is 0.220. The molecule has 0 aromatic carbocycles. The van der Waals surface area contributed by atoms with Crippen LogP contribution in [0.5, 0.6) is 0 Å². The van der Waals surface area contributed by atoms with Crippen LogP contribution in [-0.4, -0.2) is 14.9 Å². The van der Waals surface area contributed by atoms with Gasteiger partial charge in [0.2, 0.25) is 0 Å². The van der Waals surface area contributed by atoms with E-state index in [4.69, 9.17) is 0 Å². The third kappa shape index (κ3) is 2.40. The summed E-state index contributed by atoms with van der Waals surface area (Å²) in [5, 5.41) is 14.3. The SMILES string of the molecule is CCn1cc(C(O)c2cc(Br)sc2Br)cn1. The second-order valence-corrected chi connectivity index (χ2v) is 7.06. The fraction of sp³-hybridized carbons (Fsp3) is 0.300. The summed E-state index contributed by atoms with van der Waals surface area (Å²) >= 11 is 8.39. The molecular formula is C10H10Br2N2OS. The predicted molar refractivity (Wildman–Crippen MR) is 71.7 cm³/mol. The summed E-state index contributed by atoms with van der Waals surface area (Å²) in [6.07, 6.45) is 2.94. The Morgan fingerprint density at radius 2 is 2.31 bits per heavy atom. The van der Waals surface area contributed by atoms with Crippen molar-refractivity contribution in [2.24, 2.45) is 0 Å². The first-order valence-corrected chi connectivity index (χ1v) is 7.17. The first kappa shape index (κ1) is 12.3. The van der Waals surface area contributed by atoms with E-state index in [-0.39, 0.29) is 0 Å². The monoisotopic (exact) mass is 364 g/mol. The van der Waals surface area contributed by atoms with Crippen LogP contribution in [0.15, 0.2) is 26.0 Å². The second-order valence-electron chi connectivity index (χ2n) is 3.31. The molecule has 0 fully saturated rings. The molecule has 2 rings (SSSR count). The van der Waals surface area contributed by atoms with Crippen molar-refractivity contribution < 1.29 is 5.11 Å². The topological polar surface area (TPSA) is 38.0 Å². The molecule has 16 heavy (non-hydrogen) atoms. The molecule has 0 spiro atoms. The van der Waals surface area contributed by atoms with Crippen molar-refractivity contribution in [1.82, 2.24) is 9.78 Å². The van der Waals surface area contributed by atoms with Gasteiger partial charge in [-0.3, -0.25) is 4.68 Å². The smallest absolute Gasteiger partial charge is 0.109 e. The fourth-order valence-corrected chi connectivity index (χ4v) is 4.30. The molecule has 0 saturated heterocycles. The maximum atomic E-state index is 10.2. The van der Waals surface area contributed by atoms with Crippen LogP contribution in [0, 0.1) is 0 Å². The van der Waals surface area contributed by atoms with Gasteiger partial charge in [0.1, 0.15) is 6.10 Å². The predicted octanol–water partition coefficient (Wildman–Crippen LogP) is 3.57. The van der Waals surface area contributed by atoms with Crippen LogP contribution >= 0.6 is 43.2 Å². The quantitative estimate of drug-likeness (QED) is 0.902. The largest absolute Gasteiger partial charge is 0.383 e. The molecule has 0 aliphatic carbocycles. The van der Waals surface area contributed by atoms with Gasteiger partial charge in [0, 0.05) is 23.9 Å². The number of hydrogen-bond donors (Lipinski definition) is 1. The molecule has 2 heterocycles. The van der Waals surface area contributed by atoms with Gasteiger partial charge in [-0.1, -0.05) is 0 Å². The molecule has 3 nitrogen and oxygen atoms in total. The van der Waals surface area contributed by atoms with Crippen molar-refractivity contribution in [2.75, 3.05) is 0 Å². The average Bonchev–Trinajstić information content (AvgIpc) is 2.84. The van der Waals surface area contributed by atoms with Crippen molar-refractivity contribution in [2.45, 2.75) is 19.6 Å². The van der Waals surface area contributed by atoms with E-state index < -0.39 is 6.10 Å². The van der Waals surface area contributed by atoms with Crippen LogP contribution < -0.4 is 0 Å². The number of aliphatic hydroxyl groups is 1. The van der Waals surface area contributed by atoms with Crippen molar-refractivity contribution in [1.29, 1.82) is 0 Å². The summed E-state index contributed by atoms with van der Waals surface area (Å²) in [6, 6.07) is 1.92. The molecule has 0 amide bonds. The minimum Gasteiger partial charge on any atom is -0.383 e. The van der Waals surface area contributed by atoms with Crippen LogP contribution in [0.1, 0.15) is 24.2 Å². The molecular weight excluding hydrogens is 356 g/mol. The van der Waals surface area contributed by atoms with Crippen LogP contribution in [0.3, 0.4) is 0 Å². The molecule has 1 atom stereocenters. The molecule has 0 aliphatic rings. The van der Waals surface area contributed by atoms with Crippen molar-refractivity contribution >= 4 is 43.2 Å². The number of thiophene rings is 1. The summed E-state index contributed by atoms with van der Waals surface area (Å²) in [5.41, 5.74) is 1.68. The van der Waals surface area contributed by atoms with Gasteiger partial charge in [0.15, 0.2) is 0 Å². The Hall–Kier alpha value is -0.170. The number of hydrogen-bond acceptors (Lipinski definition) is 3. The van der Waals surface area contributed by atoms with Gasteiger partial charge in [-0.05, 0) is 44.8 Å². The fourth-order valence-electron chi connectivity index (χ4n) is 1.41. The Balaban J connectivity index is 2.31. The van der Waals surface area contributed by atoms with Gasteiger partial charge in [0.25, 0.3) is 0 Å². The number of aromatic nitrogens is 2. The van der Waals surface area contributed by atoms with Gasteiger partial charge < -0.3 is 5.11 Å². The highest BCUT2D eigenvalue weighted by Gasteiger charge is 2.17. The van der Waals surface area contributed by atoms with Crippen molar-refractivity contribution in [3.8, 4) is 0 Å². The van der Waals surface area contributed by atoms with Gasteiger partial charge in [-0.25, -0.2) is 0 Å². The van der Waals surface area contributed by atoms with Crippen molar-refractivity contribution in [3.63, 3.8) is 0 Å². The molecule has 86 valence electrons. The Morgan fingerprint density at radius 1 is 1.56 bits per heavy atom. The zero-order valence-corrected chi connectivity index (χ0v) is 12.5. The Morgan fingerprint density at radius 3 is 2.81 bits per heavy atom. The summed E-state index contributed by atoms with van der Waals surface area (Å²) in [6.45, 7) is 2.82. The molecule has 2 aromatic rings. The minimum atomic E-state index is -0.628. The lowest BCUT2D eigenvalue weighted by Gasteiger charge is -2.06. The minimum absolute atomic E-state index is 0.628. The molecule has 1 unspecified atom stereocenters. The molecule has 0 saturated carbocycles. The first-order valence-electron chi connectivity index (χ1n) is 4.77. The van der Waals surface area contributed by atoms with E-state index in [0.717, 1.165) is 25.2 Å². The van der Waals surface area contributed by atoms with Crippen LogP contribution in [0.2, 0.25) is 0 Å². The maximum Gasteiger partial charge on any atom is 0.109 e. The lowest BCUT2D eigenvalue weighted by Crippen LogP contribution is -1.97. The van der Waals surface area contributed by atoms with E-state index in [1.807, 2.05) is 19.2 Å². The third-order valence-corrected chi connectivity index (χ3v) is 4.66. The van der Waals surface area contributed by atoms with Gasteiger partial charge >= 0.3 is 0 Å². The normalized spacial score (nSPS) is 13.0. The van der Waals surface area contributed by atoms with Crippen LogP contribution in [0.4, 0.5) is 0 Å². The summed E-state index contributed by atoms with van der Waals surface area (Å²) in [5.74, 6) is 0. The number of halogens is 2. The molecule has 0 aliphatic heterocycles. The highest BCUT2D eigenvalue weighted by atomic mass is 79.9. The zero-order chi connectivity index (χ0) is 11.7. The second kappa shape index (κ2) is 5.00. The first-order chi connectivity index (χ1) is 7.61. The molecule has 2 aromatic heterocycles. The Kier molecular flexibility index (Phi) is 3.84. The molecule has 0 bridgehead atoms. The van der Waals surface area contributed by atoms with E-state index in [1.54, 1.807) is 22.2 Å². The average molecular weight is 366 g/mol. The van der Waals surface area contributed by atoms with Gasteiger partial charge in [-0.2, -0.15) is 5.10 Å². The highest BCUT2D eigenvalue weighted by molar-refractivity contribution is 9.12. The van der Waals surface area contributed by atoms with E-state index in [1.165, 1.54) is 0 Å². The van der Waals surface area contributed by atoms with Crippen LogP contribution in [-0.2, 0) is 6.54 Å². The zero-order valence-electron chi connectivity index (χ0n) is 8.52. The van der Waals surface area contributed by atoms with E-state index in [9.17, 15) is 5.11 Å².